The van der Waals surface area contributed by atoms with E-state index in [9.17, 15) is 14.9 Å². The van der Waals surface area contributed by atoms with Crippen LogP contribution >= 0.6 is 11.3 Å². The number of nitro benzene ring substituents is 1. The maximum absolute atomic E-state index is 12.2. The largest absolute Gasteiger partial charge is 0.291 e. The third kappa shape index (κ3) is 3.83. The molecule has 9 heteroatoms. The van der Waals surface area contributed by atoms with Crippen LogP contribution < -0.4 is 5.43 Å². The van der Waals surface area contributed by atoms with Crippen LogP contribution in [0.15, 0.2) is 47.6 Å². The number of carbonyl (C=O) groups excluding carboxylic acids is 1. The number of hydrazone groups is 1. The molecule has 0 fully saturated rings. The van der Waals surface area contributed by atoms with Gasteiger partial charge in [-0.2, -0.15) is 10.2 Å². The number of hydrogen-bond acceptors (Lipinski definition) is 6. The quantitative estimate of drug-likeness (QED) is 0.407. The lowest BCUT2D eigenvalue weighted by Gasteiger charge is -2.01. The number of carbonyl (C=O) groups is 1. The summed E-state index contributed by atoms with van der Waals surface area (Å²) in [6.45, 7) is 3.71. The molecule has 2 aromatic heterocycles. The first-order valence-corrected chi connectivity index (χ1v) is 8.47. The molecule has 26 heavy (non-hydrogen) atoms. The second kappa shape index (κ2) is 7.28. The van der Waals surface area contributed by atoms with Crippen LogP contribution in [-0.4, -0.2) is 26.7 Å². The lowest BCUT2D eigenvalue weighted by Crippen LogP contribution is -2.19. The number of hydrogen-bond donors (Lipinski definition) is 2. The van der Waals surface area contributed by atoms with Gasteiger partial charge < -0.3 is 0 Å². The van der Waals surface area contributed by atoms with Crippen LogP contribution in [0.3, 0.4) is 0 Å². The molecule has 0 aliphatic carbocycles. The lowest BCUT2D eigenvalue weighted by atomic mass is 10.1. The molecule has 0 spiro atoms. The molecule has 0 atom stereocenters. The van der Waals surface area contributed by atoms with Crippen molar-refractivity contribution in [1.82, 2.24) is 15.6 Å². The van der Waals surface area contributed by atoms with E-state index in [1.807, 2.05) is 19.1 Å². The lowest BCUT2D eigenvalue weighted by molar-refractivity contribution is -0.384. The molecule has 132 valence electrons. The molecule has 3 rings (SSSR count). The zero-order valence-corrected chi connectivity index (χ0v) is 14.8. The van der Waals surface area contributed by atoms with Crippen LogP contribution in [0.4, 0.5) is 5.69 Å². The second-order valence-electron chi connectivity index (χ2n) is 5.52. The minimum Gasteiger partial charge on any atom is -0.276 e. The Morgan fingerprint density at radius 1 is 1.27 bits per heavy atom. The summed E-state index contributed by atoms with van der Waals surface area (Å²) < 4.78 is 0. The third-order valence-electron chi connectivity index (χ3n) is 3.64. The number of aryl methyl sites for hydroxylation is 1. The van der Waals surface area contributed by atoms with E-state index in [1.54, 1.807) is 36.5 Å². The first-order chi connectivity index (χ1) is 12.4. The number of thiophene rings is 1. The predicted octanol–water partition coefficient (Wildman–Crippen LogP) is 3.51. The van der Waals surface area contributed by atoms with Crippen LogP contribution in [0.2, 0.25) is 0 Å². The zero-order chi connectivity index (χ0) is 18.7. The molecule has 0 saturated carbocycles. The van der Waals surface area contributed by atoms with Crippen molar-refractivity contribution in [3.8, 4) is 10.6 Å². The minimum atomic E-state index is -0.470. The summed E-state index contributed by atoms with van der Waals surface area (Å²) in [5.74, 6) is -0.443. The Morgan fingerprint density at radius 2 is 2.00 bits per heavy atom. The molecule has 0 aliphatic rings. The monoisotopic (exact) mass is 369 g/mol. The number of nitrogens with one attached hydrogen (secondary N) is 2. The van der Waals surface area contributed by atoms with E-state index in [-0.39, 0.29) is 11.4 Å². The molecule has 0 bridgehead atoms. The van der Waals surface area contributed by atoms with Crippen molar-refractivity contribution in [2.45, 2.75) is 13.8 Å². The molecule has 2 N–H and O–H groups in total. The van der Waals surface area contributed by atoms with Gasteiger partial charge in [-0.25, -0.2) is 5.43 Å². The first kappa shape index (κ1) is 17.5. The van der Waals surface area contributed by atoms with Gasteiger partial charge in [-0.1, -0.05) is 0 Å². The number of nitro groups is 1. The molecule has 0 radical (unpaired) electrons. The Bertz CT molecular complexity index is 988. The molecule has 3 aromatic rings. The Labute approximate surface area is 152 Å². The number of H-pyrrole nitrogens is 1. The number of benzene rings is 1. The molecule has 2 heterocycles. The smallest absolute Gasteiger partial charge is 0.276 e. The van der Waals surface area contributed by atoms with Crippen LogP contribution in [0.25, 0.3) is 10.6 Å². The van der Waals surface area contributed by atoms with Gasteiger partial charge in [0.2, 0.25) is 0 Å². The molecule has 0 aliphatic heterocycles. The van der Waals surface area contributed by atoms with Gasteiger partial charge in [0.05, 0.1) is 21.2 Å². The molecule has 0 saturated heterocycles. The molecule has 1 amide bonds. The average molecular weight is 369 g/mol. The van der Waals surface area contributed by atoms with E-state index in [1.165, 1.54) is 17.0 Å². The van der Waals surface area contributed by atoms with Gasteiger partial charge in [-0.3, -0.25) is 20.0 Å². The summed E-state index contributed by atoms with van der Waals surface area (Å²) in [6, 6.07) is 11.6. The van der Waals surface area contributed by atoms with Crippen LogP contribution in [0, 0.1) is 17.0 Å². The van der Waals surface area contributed by atoms with Crippen molar-refractivity contribution in [1.29, 1.82) is 0 Å². The van der Waals surface area contributed by atoms with Crippen molar-refractivity contribution in [2.75, 3.05) is 0 Å². The Kier molecular flexibility index (Phi) is 4.90. The Morgan fingerprint density at radius 3 is 2.62 bits per heavy atom. The number of aromatic nitrogens is 2. The summed E-state index contributed by atoms with van der Waals surface area (Å²) in [6.07, 6.45) is 0. The van der Waals surface area contributed by atoms with Gasteiger partial charge in [0.1, 0.15) is 0 Å². The van der Waals surface area contributed by atoms with Gasteiger partial charge in [0, 0.05) is 17.0 Å². The van der Waals surface area contributed by atoms with Gasteiger partial charge in [-0.05, 0) is 49.7 Å². The number of nitrogens with zero attached hydrogens (tertiary/aromatic N) is 3. The van der Waals surface area contributed by atoms with E-state index in [4.69, 9.17) is 0 Å². The number of non-ortho nitro benzene ring substituents is 1. The highest BCUT2D eigenvalue weighted by Gasteiger charge is 2.12. The summed E-state index contributed by atoms with van der Waals surface area (Å²) in [7, 11) is 0. The zero-order valence-electron chi connectivity index (χ0n) is 14.0. The molecular weight excluding hydrogens is 354 g/mol. The topological polar surface area (TPSA) is 113 Å². The highest BCUT2D eigenvalue weighted by Crippen LogP contribution is 2.26. The second-order valence-corrected chi connectivity index (χ2v) is 6.81. The van der Waals surface area contributed by atoms with E-state index < -0.39 is 10.8 Å². The van der Waals surface area contributed by atoms with Gasteiger partial charge in [0.15, 0.2) is 5.69 Å². The molecule has 0 unspecified atom stereocenters. The summed E-state index contributed by atoms with van der Waals surface area (Å²) in [5, 5.41) is 21.5. The molecular formula is C17H15N5O3S. The molecule has 1 aromatic carbocycles. The first-order valence-electron chi connectivity index (χ1n) is 7.65. The number of rotatable bonds is 5. The fourth-order valence-electron chi connectivity index (χ4n) is 2.22. The van der Waals surface area contributed by atoms with Crippen molar-refractivity contribution in [2.24, 2.45) is 5.10 Å². The van der Waals surface area contributed by atoms with E-state index >= 15 is 0 Å². The van der Waals surface area contributed by atoms with E-state index in [0.717, 1.165) is 10.6 Å². The standard InChI is InChI=1S/C17H15N5O3S/c1-10-3-8-16(26-10)14-9-15(20-19-14)17(23)21-18-11(2)12-4-6-13(7-5-12)22(24)25/h3-9H,1-2H3,(H,19,20)(H,21,23)/b18-11-. The van der Waals surface area contributed by atoms with E-state index in [0.29, 0.717) is 11.3 Å². The fraction of sp³-hybridized carbons (Fsp3) is 0.118. The van der Waals surface area contributed by atoms with Crippen molar-refractivity contribution in [3.05, 3.63) is 68.7 Å². The molecule has 8 nitrogen and oxygen atoms in total. The van der Waals surface area contributed by atoms with Gasteiger partial charge in [-0.15, -0.1) is 11.3 Å². The maximum atomic E-state index is 12.2. The highest BCUT2D eigenvalue weighted by atomic mass is 32.1. The Balaban J connectivity index is 1.68. The highest BCUT2D eigenvalue weighted by molar-refractivity contribution is 7.15. The van der Waals surface area contributed by atoms with Crippen LogP contribution in [-0.2, 0) is 0 Å². The van der Waals surface area contributed by atoms with Crippen LogP contribution in [0.1, 0.15) is 27.9 Å². The SMILES string of the molecule is C/C(=N/NC(=O)c1cc(-c2ccc(C)s2)[nH]n1)c1ccc([N+](=O)[O-])cc1. The van der Waals surface area contributed by atoms with Gasteiger partial charge >= 0.3 is 0 Å². The van der Waals surface area contributed by atoms with Crippen LogP contribution in [0.5, 0.6) is 0 Å². The minimum absolute atomic E-state index is 0.00143. The van der Waals surface area contributed by atoms with Crippen molar-refractivity contribution < 1.29 is 9.72 Å². The maximum Gasteiger partial charge on any atom is 0.291 e. The Hall–Kier alpha value is -3.33. The van der Waals surface area contributed by atoms with Crippen molar-refractivity contribution >= 4 is 28.6 Å². The summed E-state index contributed by atoms with van der Waals surface area (Å²) in [5.41, 5.74) is 4.63. The predicted molar refractivity (Wildman–Crippen MR) is 99.4 cm³/mol. The van der Waals surface area contributed by atoms with E-state index in [2.05, 4.69) is 20.7 Å². The number of aromatic amines is 1. The van der Waals surface area contributed by atoms with Crippen molar-refractivity contribution in [3.63, 3.8) is 0 Å². The normalized spacial score (nSPS) is 11.4. The average Bonchev–Trinajstić information content (AvgIpc) is 3.28. The fourth-order valence-corrected chi connectivity index (χ4v) is 3.06. The summed E-state index contributed by atoms with van der Waals surface area (Å²) in [4.78, 5) is 24.6. The summed E-state index contributed by atoms with van der Waals surface area (Å²) >= 11 is 1.61. The number of amides is 1. The van der Waals surface area contributed by atoms with Gasteiger partial charge in [0.25, 0.3) is 11.6 Å². The third-order valence-corrected chi connectivity index (χ3v) is 4.67.